The molecule has 0 saturated carbocycles. The molecule has 0 bridgehead atoms. The Bertz CT molecular complexity index is 875. The third kappa shape index (κ3) is 15.0. The summed E-state index contributed by atoms with van der Waals surface area (Å²) in [5.74, 6) is -1.92. The summed E-state index contributed by atoms with van der Waals surface area (Å²) in [4.78, 5) is 51.8. The number of hydrogen-bond donors (Lipinski definition) is 3. The van der Waals surface area contributed by atoms with Crippen molar-refractivity contribution >= 4 is 30.3 Å². The molecule has 8 heteroatoms. The largest absolute Gasteiger partial charge is 0.449 e. The van der Waals surface area contributed by atoms with E-state index in [9.17, 15) is 24.2 Å². The summed E-state index contributed by atoms with van der Waals surface area (Å²) in [6.07, 6.45) is 8.98. The quantitative estimate of drug-likeness (QED) is 0.150. The van der Waals surface area contributed by atoms with E-state index in [4.69, 9.17) is 0 Å². The number of nitrogens with one attached hydrogen (secondary N) is 2. The molecular formula is C31H51BN2O5. The maximum absolute atomic E-state index is 13.4. The van der Waals surface area contributed by atoms with Crippen LogP contribution in [0.3, 0.4) is 0 Å². The number of unbranched alkanes of at least 4 members (excludes halogenated alkanes) is 6. The van der Waals surface area contributed by atoms with E-state index in [1.807, 2.05) is 44.2 Å². The van der Waals surface area contributed by atoms with Crippen molar-refractivity contribution in [3.05, 3.63) is 35.9 Å². The van der Waals surface area contributed by atoms with Gasteiger partial charge in [-0.15, -0.1) is 0 Å². The zero-order valence-corrected chi connectivity index (χ0v) is 24.8. The van der Waals surface area contributed by atoms with Crippen molar-refractivity contribution in [3.8, 4) is 0 Å². The molecule has 1 rings (SSSR count). The smallest absolute Gasteiger partial charge is 0.305 e. The van der Waals surface area contributed by atoms with Crippen molar-refractivity contribution in [1.29, 1.82) is 0 Å². The Balaban J connectivity index is 2.80. The minimum Gasteiger partial charge on any atom is -0.449 e. The Morgan fingerprint density at radius 3 is 2.08 bits per heavy atom. The molecule has 3 N–H and O–H groups in total. The van der Waals surface area contributed by atoms with E-state index in [1.165, 1.54) is 25.7 Å². The second-order valence-corrected chi connectivity index (χ2v) is 11.4. The predicted octanol–water partition coefficient (Wildman–Crippen LogP) is 4.95. The average Bonchev–Trinajstić information content (AvgIpc) is 2.89. The van der Waals surface area contributed by atoms with Gasteiger partial charge in [-0.1, -0.05) is 103 Å². The van der Waals surface area contributed by atoms with Crippen LogP contribution in [0, 0.1) is 17.8 Å². The van der Waals surface area contributed by atoms with Crippen LogP contribution in [0.1, 0.15) is 97.5 Å². The van der Waals surface area contributed by atoms with E-state index < -0.39 is 24.8 Å². The monoisotopic (exact) mass is 542 g/mol. The van der Waals surface area contributed by atoms with Crippen LogP contribution in [0.4, 0.5) is 0 Å². The molecule has 0 aromatic heterocycles. The molecule has 39 heavy (non-hydrogen) atoms. The molecule has 0 unspecified atom stereocenters. The molecule has 0 aliphatic heterocycles. The van der Waals surface area contributed by atoms with Gasteiger partial charge in [-0.3, -0.25) is 19.2 Å². The highest BCUT2D eigenvalue weighted by molar-refractivity contribution is 6.49. The average molecular weight is 543 g/mol. The molecule has 0 aliphatic rings. The van der Waals surface area contributed by atoms with Gasteiger partial charge in [0.1, 0.15) is 5.78 Å². The molecule has 1 aromatic carbocycles. The minimum absolute atomic E-state index is 0.0348. The summed E-state index contributed by atoms with van der Waals surface area (Å²) in [6, 6.07) is 8.65. The predicted molar refractivity (Wildman–Crippen MR) is 158 cm³/mol. The molecule has 0 spiro atoms. The molecule has 0 radical (unpaired) electrons. The fraction of sp³-hybridized carbons (Fsp3) is 0.677. The lowest BCUT2D eigenvalue weighted by atomic mass is 9.72. The van der Waals surface area contributed by atoms with Crippen molar-refractivity contribution in [1.82, 2.24) is 10.6 Å². The van der Waals surface area contributed by atoms with E-state index in [0.717, 1.165) is 24.8 Å². The first kappa shape index (κ1) is 34.6. The van der Waals surface area contributed by atoms with Gasteiger partial charge in [0.05, 0.1) is 6.04 Å². The van der Waals surface area contributed by atoms with Crippen LogP contribution < -0.4 is 10.6 Å². The van der Waals surface area contributed by atoms with Crippen LogP contribution in [0.2, 0.25) is 6.82 Å². The van der Waals surface area contributed by atoms with E-state index >= 15 is 0 Å². The Hall–Kier alpha value is -2.48. The summed E-state index contributed by atoms with van der Waals surface area (Å²) in [6.45, 7) is 8.60. The summed E-state index contributed by atoms with van der Waals surface area (Å²) in [5, 5.41) is 15.0. The van der Waals surface area contributed by atoms with Gasteiger partial charge in [0.25, 0.3) is 0 Å². The van der Waals surface area contributed by atoms with Crippen LogP contribution in [-0.2, 0) is 25.6 Å². The van der Waals surface area contributed by atoms with Gasteiger partial charge in [-0.05, 0) is 24.3 Å². The molecule has 2 amide bonds. The van der Waals surface area contributed by atoms with Crippen molar-refractivity contribution in [2.75, 3.05) is 6.44 Å². The van der Waals surface area contributed by atoms with Crippen LogP contribution >= 0.6 is 0 Å². The maximum atomic E-state index is 13.4. The van der Waals surface area contributed by atoms with Crippen LogP contribution in [0.25, 0.3) is 0 Å². The fourth-order valence-corrected chi connectivity index (χ4v) is 4.59. The first-order valence-corrected chi connectivity index (χ1v) is 14.9. The lowest BCUT2D eigenvalue weighted by Crippen LogP contribution is -2.47. The van der Waals surface area contributed by atoms with E-state index in [1.54, 1.807) is 13.7 Å². The van der Waals surface area contributed by atoms with Crippen molar-refractivity contribution in [2.24, 2.45) is 17.8 Å². The molecule has 1 aromatic rings. The lowest BCUT2D eigenvalue weighted by molar-refractivity contribution is -0.134. The summed E-state index contributed by atoms with van der Waals surface area (Å²) in [7, 11) is 0. The van der Waals surface area contributed by atoms with E-state index in [0.29, 0.717) is 12.8 Å². The number of carbonyl (C=O) groups excluding carboxylic acids is 4. The molecule has 0 fully saturated rings. The van der Waals surface area contributed by atoms with Gasteiger partial charge in [0.15, 0.2) is 5.78 Å². The molecule has 0 aliphatic carbocycles. The van der Waals surface area contributed by atoms with Crippen molar-refractivity contribution < 1.29 is 24.2 Å². The van der Waals surface area contributed by atoms with Gasteiger partial charge in [0, 0.05) is 37.5 Å². The van der Waals surface area contributed by atoms with E-state index in [2.05, 4.69) is 17.6 Å². The number of amides is 2. The number of hydrogen-bond acceptors (Lipinski definition) is 5. The SMILES string of the molecule is CCCCCCCCCC(=O)C[C@H](C(=O)N[C@@H](Cc1ccccc1)C(=O)C[C@@H](C)C(=O)NCB(C)O)C(C)C. The molecule has 218 valence electrons. The van der Waals surface area contributed by atoms with Gasteiger partial charge < -0.3 is 15.7 Å². The zero-order valence-electron chi connectivity index (χ0n) is 24.8. The first-order valence-electron chi connectivity index (χ1n) is 14.9. The normalized spacial score (nSPS) is 13.4. The molecule has 3 atom stereocenters. The highest BCUT2D eigenvalue weighted by Gasteiger charge is 2.30. The van der Waals surface area contributed by atoms with Crippen LogP contribution in [-0.4, -0.2) is 47.8 Å². The fourth-order valence-electron chi connectivity index (χ4n) is 4.59. The Morgan fingerprint density at radius 1 is 0.872 bits per heavy atom. The second kappa shape index (κ2) is 19.6. The summed E-state index contributed by atoms with van der Waals surface area (Å²) < 4.78 is 0. The van der Waals surface area contributed by atoms with E-state index in [-0.39, 0.29) is 48.6 Å². The highest BCUT2D eigenvalue weighted by atomic mass is 16.2. The third-order valence-corrected chi connectivity index (χ3v) is 7.16. The number of carbonyl (C=O) groups is 4. The van der Waals surface area contributed by atoms with Crippen molar-refractivity contribution in [3.63, 3.8) is 0 Å². The standard InChI is InChI=1S/C31H51BN2O5/c1-6-7-8-9-10-11-15-18-26(35)21-27(23(2)3)31(38)34-28(20-25-16-13-12-14-17-25)29(36)19-24(4)30(37)33-22-32(5)39/h12-14,16-17,23-24,27-28,39H,6-11,15,18-22H2,1-5H3,(H,33,37)(H,34,38)/t24-,27+,28+/m1/s1. The Kier molecular flexibility index (Phi) is 17.3. The molecular weight excluding hydrogens is 491 g/mol. The highest BCUT2D eigenvalue weighted by Crippen LogP contribution is 2.20. The number of benzene rings is 1. The van der Waals surface area contributed by atoms with Crippen LogP contribution in [0.15, 0.2) is 30.3 Å². The topological polar surface area (TPSA) is 113 Å². The van der Waals surface area contributed by atoms with Gasteiger partial charge in [0.2, 0.25) is 11.8 Å². The summed E-state index contributed by atoms with van der Waals surface area (Å²) in [5.41, 5.74) is 0.901. The lowest BCUT2D eigenvalue weighted by Gasteiger charge is -2.25. The maximum Gasteiger partial charge on any atom is 0.305 e. The second-order valence-electron chi connectivity index (χ2n) is 11.4. The Morgan fingerprint density at radius 2 is 1.49 bits per heavy atom. The zero-order chi connectivity index (χ0) is 29.2. The minimum atomic E-state index is -0.800. The first-order chi connectivity index (χ1) is 18.5. The number of Topliss-reactive ketones (excluding diaryl/α,β-unsaturated/α-hetero) is 2. The van der Waals surface area contributed by atoms with Crippen LogP contribution in [0.5, 0.6) is 0 Å². The Labute approximate surface area is 236 Å². The molecule has 7 nitrogen and oxygen atoms in total. The number of ketones is 2. The number of rotatable bonds is 21. The third-order valence-electron chi connectivity index (χ3n) is 7.16. The molecule has 0 saturated heterocycles. The van der Waals surface area contributed by atoms with Gasteiger partial charge in [-0.2, -0.15) is 0 Å². The molecule has 0 heterocycles. The van der Waals surface area contributed by atoms with Crippen molar-refractivity contribution in [2.45, 2.75) is 111 Å². The summed E-state index contributed by atoms with van der Waals surface area (Å²) >= 11 is 0. The van der Waals surface area contributed by atoms with Gasteiger partial charge >= 0.3 is 6.92 Å². The van der Waals surface area contributed by atoms with Gasteiger partial charge in [-0.25, -0.2) is 0 Å².